The number of carbonyl (C=O) groups excluding carboxylic acids is 1. The quantitative estimate of drug-likeness (QED) is 0.388. The summed E-state index contributed by atoms with van der Waals surface area (Å²) in [7, 11) is 0. The number of halogens is 1. The molecule has 13 heavy (non-hydrogen) atoms. The van der Waals surface area contributed by atoms with Crippen LogP contribution in [-0.2, 0) is 4.79 Å². The Hall–Kier alpha value is -1.33. The van der Waals surface area contributed by atoms with Gasteiger partial charge in [-0.2, -0.15) is 0 Å². The van der Waals surface area contributed by atoms with E-state index in [1.165, 1.54) is 0 Å². The minimum absolute atomic E-state index is 0.252. The predicted octanol–water partition coefficient (Wildman–Crippen LogP) is 1.98. The lowest BCUT2D eigenvalue weighted by Crippen LogP contribution is -1.83. The zero-order chi connectivity index (χ0) is 9.68. The molecule has 0 bridgehead atoms. The third-order valence-electron chi connectivity index (χ3n) is 1.43. The molecule has 0 atom stereocenters. The number of aromatic nitrogens is 1. The van der Waals surface area contributed by atoms with Crippen LogP contribution < -0.4 is 0 Å². The Morgan fingerprint density at radius 1 is 1.69 bits per heavy atom. The molecule has 0 aromatic carbocycles. The Balaban J connectivity index is 2.87. The number of hydrogen-bond acceptors (Lipinski definition) is 2. The van der Waals surface area contributed by atoms with Gasteiger partial charge in [0.1, 0.15) is 11.4 Å². The van der Waals surface area contributed by atoms with Crippen molar-refractivity contribution in [3.05, 3.63) is 28.5 Å². The number of carbonyl (C=O) groups is 1. The molecule has 1 aromatic heterocycles. The number of pyridine rings is 1. The minimum Gasteiger partial charge on any atom is -0.302 e. The summed E-state index contributed by atoms with van der Waals surface area (Å²) in [6.45, 7) is 1.86. The maximum Gasteiger partial charge on any atom is 0.132 e. The first-order valence-electron chi connectivity index (χ1n) is 3.78. The summed E-state index contributed by atoms with van der Waals surface area (Å²) in [4.78, 5) is 13.9. The van der Waals surface area contributed by atoms with Crippen molar-refractivity contribution >= 4 is 17.9 Å². The molecule has 1 aromatic rings. The van der Waals surface area contributed by atoms with Crippen LogP contribution in [0.2, 0.25) is 5.15 Å². The first kappa shape index (κ1) is 9.76. The first-order valence-corrected chi connectivity index (χ1v) is 4.16. The smallest absolute Gasteiger partial charge is 0.132 e. The predicted molar refractivity (Wildman–Crippen MR) is 51.5 cm³/mol. The van der Waals surface area contributed by atoms with Crippen molar-refractivity contribution < 1.29 is 4.79 Å². The highest BCUT2D eigenvalue weighted by molar-refractivity contribution is 6.30. The van der Waals surface area contributed by atoms with Crippen molar-refractivity contribution in [3.8, 4) is 11.8 Å². The number of aldehydes is 1. The molecule has 0 aliphatic rings. The zero-order valence-corrected chi connectivity index (χ0v) is 7.93. The molecule has 66 valence electrons. The molecule has 0 saturated heterocycles. The fourth-order valence-corrected chi connectivity index (χ4v) is 0.925. The topological polar surface area (TPSA) is 30.0 Å². The van der Waals surface area contributed by atoms with Crippen LogP contribution in [0.25, 0.3) is 0 Å². The fraction of sp³-hybridized carbons (Fsp3) is 0.200. The average molecular weight is 194 g/mol. The van der Waals surface area contributed by atoms with Crippen molar-refractivity contribution in [2.24, 2.45) is 0 Å². The van der Waals surface area contributed by atoms with E-state index in [1.807, 2.05) is 13.0 Å². The minimum atomic E-state index is 0.252. The lowest BCUT2D eigenvalue weighted by atomic mass is 10.2. The molecule has 3 heteroatoms. The van der Waals surface area contributed by atoms with Gasteiger partial charge in [0.15, 0.2) is 0 Å². The standard InChI is InChI=1S/C10H8ClNO/c1-8-6-9(4-2-3-5-13)7-12-10(8)11/h5-7H,3H2,1H3. The molecular formula is C10H8ClNO. The Kier molecular flexibility index (Phi) is 3.48. The monoisotopic (exact) mass is 193 g/mol. The molecule has 1 heterocycles. The number of nitrogens with zero attached hydrogens (tertiary/aromatic N) is 1. The van der Waals surface area contributed by atoms with E-state index in [0.29, 0.717) is 5.15 Å². The Bertz CT molecular complexity index is 376. The maximum atomic E-state index is 9.98. The van der Waals surface area contributed by atoms with Gasteiger partial charge >= 0.3 is 0 Å². The molecule has 0 saturated carbocycles. The van der Waals surface area contributed by atoms with E-state index in [2.05, 4.69) is 16.8 Å². The average Bonchev–Trinajstić information content (AvgIpc) is 2.12. The van der Waals surface area contributed by atoms with E-state index < -0.39 is 0 Å². The van der Waals surface area contributed by atoms with Gasteiger partial charge in [-0.3, -0.25) is 0 Å². The molecule has 0 spiro atoms. The summed E-state index contributed by atoms with van der Waals surface area (Å²) >= 11 is 5.73. The van der Waals surface area contributed by atoms with Crippen LogP contribution in [0.3, 0.4) is 0 Å². The van der Waals surface area contributed by atoms with Crippen molar-refractivity contribution in [3.63, 3.8) is 0 Å². The lowest BCUT2D eigenvalue weighted by molar-refractivity contribution is -0.107. The second kappa shape index (κ2) is 4.64. The summed E-state index contributed by atoms with van der Waals surface area (Å²) in [6, 6.07) is 1.84. The van der Waals surface area contributed by atoms with E-state index in [9.17, 15) is 4.79 Å². The van der Waals surface area contributed by atoms with Gasteiger partial charge < -0.3 is 4.79 Å². The summed E-state index contributed by atoms with van der Waals surface area (Å²) in [5.74, 6) is 5.51. The van der Waals surface area contributed by atoms with Crippen LogP contribution in [-0.4, -0.2) is 11.3 Å². The van der Waals surface area contributed by atoms with Crippen LogP contribution in [0.15, 0.2) is 12.3 Å². The van der Waals surface area contributed by atoms with Crippen LogP contribution in [0.5, 0.6) is 0 Å². The summed E-state index contributed by atoms with van der Waals surface area (Å²) in [5, 5.41) is 0.487. The van der Waals surface area contributed by atoms with Crippen LogP contribution in [0.4, 0.5) is 0 Å². The molecule has 0 fully saturated rings. The highest BCUT2D eigenvalue weighted by Gasteiger charge is 1.95. The highest BCUT2D eigenvalue weighted by Crippen LogP contribution is 2.11. The lowest BCUT2D eigenvalue weighted by Gasteiger charge is -1.95. The number of aryl methyl sites for hydroxylation is 1. The van der Waals surface area contributed by atoms with E-state index in [0.717, 1.165) is 17.4 Å². The van der Waals surface area contributed by atoms with Crippen LogP contribution in [0.1, 0.15) is 17.5 Å². The van der Waals surface area contributed by atoms with Crippen molar-refractivity contribution in [2.45, 2.75) is 13.3 Å². The van der Waals surface area contributed by atoms with Crippen LogP contribution in [0, 0.1) is 18.8 Å². The second-order valence-corrected chi connectivity index (χ2v) is 2.86. The SMILES string of the molecule is Cc1cc(C#CCC=O)cnc1Cl. The summed E-state index contributed by atoms with van der Waals surface area (Å²) < 4.78 is 0. The van der Waals surface area contributed by atoms with E-state index in [4.69, 9.17) is 11.6 Å². The molecule has 0 N–H and O–H groups in total. The second-order valence-electron chi connectivity index (χ2n) is 2.50. The Morgan fingerprint density at radius 3 is 3.08 bits per heavy atom. The Labute approximate surface area is 81.9 Å². The summed E-state index contributed by atoms with van der Waals surface area (Å²) in [6.07, 6.45) is 2.61. The molecule has 1 rings (SSSR count). The maximum absolute atomic E-state index is 9.98. The van der Waals surface area contributed by atoms with E-state index >= 15 is 0 Å². The highest BCUT2D eigenvalue weighted by atomic mass is 35.5. The molecule has 0 radical (unpaired) electrons. The van der Waals surface area contributed by atoms with Gasteiger partial charge in [-0.25, -0.2) is 4.98 Å². The van der Waals surface area contributed by atoms with Gasteiger partial charge in [-0.1, -0.05) is 23.4 Å². The normalized spacial score (nSPS) is 8.77. The van der Waals surface area contributed by atoms with E-state index in [-0.39, 0.29) is 6.42 Å². The van der Waals surface area contributed by atoms with Gasteiger partial charge in [0, 0.05) is 11.8 Å². The van der Waals surface area contributed by atoms with Gasteiger partial charge in [-0.05, 0) is 18.6 Å². The van der Waals surface area contributed by atoms with Crippen LogP contribution >= 0.6 is 11.6 Å². The number of rotatable bonds is 1. The third kappa shape index (κ3) is 2.89. The third-order valence-corrected chi connectivity index (χ3v) is 1.83. The molecule has 0 aliphatic heterocycles. The van der Waals surface area contributed by atoms with Crippen molar-refractivity contribution in [1.29, 1.82) is 0 Å². The molecular weight excluding hydrogens is 186 g/mol. The largest absolute Gasteiger partial charge is 0.302 e. The molecule has 0 amide bonds. The van der Waals surface area contributed by atoms with Gasteiger partial charge in [-0.15, -0.1) is 0 Å². The van der Waals surface area contributed by atoms with Crippen molar-refractivity contribution in [2.75, 3.05) is 0 Å². The summed E-state index contributed by atoms with van der Waals surface area (Å²) in [5.41, 5.74) is 1.67. The van der Waals surface area contributed by atoms with E-state index in [1.54, 1.807) is 6.20 Å². The fourth-order valence-electron chi connectivity index (χ4n) is 0.821. The zero-order valence-electron chi connectivity index (χ0n) is 7.17. The van der Waals surface area contributed by atoms with Gasteiger partial charge in [0.05, 0.1) is 6.42 Å². The first-order chi connectivity index (χ1) is 6.24. The van der Waals surface area contributed by atoms with Gasteiger partial charge in [0.25, 0.3) is 0 Å². The van der Waals surface area contributed by atoms with Gasteiger partial charge in [0.2, 0.25) is 0 Å². The van der Waals surface area contributed by atoms with Crippen molar-refractivity contribution in [1.82, 2.24) is 4.98 Å². The molecule has 2 nitrogen and oxygen atoms in total. The number of hydrogen-bond donors (Lipinski definition) is 0. The molecule has 0 unspecified atom stereocenters. The Morgan fingerprint density at radius 2 is 2.46 bits per heavy atom. The molecule has 0 aliphatic carbocycles.